The maximum atomic E-state index is 11.8. The Kier molecular flexibility index (Phi) is 8.38. The first-order valence-electron chi connectivity index (χ1n) is 7.09. The van der Waals surface area contributed by atoms with Gasteiger partial charge >= 0.3 is 12.1 Å². The number of carbonyl (C=O) groups excluding carboxylic acids is 3. The summed E-state index contributed by atoms with van der Waals surface area (Å²) in [5.74, 6) is -0.958. The molecule has 7 nitrogen and oxygen atoms in total. The van der Waals surface area contributed by atoms with Gasteiger partial charge < -0.3 is 19.5 Å². The van der Waals surface area contributed by atoms with E-state index in [0.717, 1.165) is 5.56 Å². The Bertz CT molecular complexity index is 517. The number of benzene rings is 1. The Morgan fingerprint density at radius 3 is 2.43 bits per heavy atom. The first-order valence-corrected chi connectivity index (χ1v) is 7.09. The zero-order chi connectivity index (χ0) is 17.1. The molecule has 0 spiro atoms. The molecule has 1 N–H and O–H groups in total. The van der Waals surface area contributed by atoms with Gasteiger partial charge in [0.25, 0.3) is 0 Å². The molecule has 0 saturated carbocycles. The van der Waals surface area contributed by atoms with Crippen molar-refractivity contribution in [1.82, 2.24) is 5.32 Å². The van der Waals surface area contributed by atoms with Crippen molar-refractivity contribution in [3.63, 3.8) is 0 Å². The van der Waals surface area contributed by atoms with Gasteiger partial charge in [-0.05, 0) is 5.56 Å². The molecule has 0 aliphatic rings. The molecular weight excluding hydrogens is 302 g/mol. The van der Waals surface area contributed by atoms with Gasteiger partial charge in [0.15, 0.2) is 0 Å². The molecule has 0 bridgehead atoms. The SMILES string of the molecule is COCC(CC(=O)CC(=O)OC)NC(=O)OCc1ccccc1. The summed E-state index contributed by atoms with van der Waals surface area (Å²) in [7, 11) is 2.66. The number of Topliss-reactive ketones (excluding diaryl/α,β-unsaturated/α-hetero) is 1. The van der Waals surface area contributed by atoms with Crippen molar-refractivity contribution < 1.29 is 28.6 Å². The molecule has 126 valence electrons. The number of hydrogen-bond acceptors (Lipinski definition) is 6. The summed E-state index contributed by atoms with van der Waals surface area (Å²) >= 11 is 0. The van der Waals surface area contributed by atoms with Crippen molar-refractivity contribution in [3.8, 4) is 0 Å². The topological polar surface area (TPSA) is 90.9 Å². The van der Waals surface area contributed by atoms with Gasteiger partial charge in [0.2, 0.25) is 0 Å². The van der Waals surface area contributed by atoms with E-state index < -0.39 is 18.1 Å². The summed E-state index contributed by atoms with van der Waals surface area (Å²) in [6, 6.07) is 8.65. The number of rotatable bonds is 9. The fraction of sp³-hybridized carbons (Fsp3) is 0.438. The lowest BCUT2D eigenvalue weighted by Gasteiger charge is -2.17. The number of nitrogens with one attached hydrogen (secondary N) is 1. The molecule has 1 unspecified atom stereocenters. The molecule has 1 atom stereocenters. The predicted molar refractivity (Wildman–Crippen MR) is 81.7 cm³/mol. The van der Waals surface area contributed by atoms with E-state index in [-0.39, 0.29) is 31.8 Å². The highest BCUT2D eigenvalue weighted by Gasteiger charge is 2.19. The van der Waals surface area contributed by atoms with Crippen molar-refractivity contribution in [1.29, 1.82) is 0 Å². The number of hydrogen-bond donors (Lipinski definition) is 1. The van der Waals surface area contributed by atoms with Crippen LogP contribution in [0.25, 0.3) is 0 Å². The standard InChI is InChI=1S/C16H21NO6/c1-21-11-13(8-14(18)9-15(19)22-2)17-16(20)23-10-12-6-4-3-5-7-12/h3-7,13H,8-11H2,1-2H3,(H,17,20). The Labute approximate surface area is 134 Å². The molecule has 1 aromatic rings. The van der Waals surface area contributed by atoms with Crippen LogP contribution in [-0.2, 0) is 30.4 Å². The minimum absolute atomic E-state index is 0.0383. The van der Waals surface area contributed by atoms with Crippen LogP contribution in [0.3, 0.4) is 0 Å². The van der Waals surface area contributed by atoms with E-state index in [0.29, 0.717) is 0 Å². The molecule has 0 saturated heterocycles. The summed E-state index contributed by atoms with van der Waals surface area (Å²) < 4.78 is 14.5. The number of ketones is 1. The van der Waals surface area contributed by atoms with Crippen LogP contribution in [0.4, 0.5) is 4.79 Å². The van der Waals surface area contributed by atoms with Crippen molar-refractivity contribution in [2.45, 2.75) is 25.5 Å². The van der Waals surface area contributed by atoms with E-state index in [1.165, 1.54) is 14.2 Å². The second-order valence-electron chi connectivity index (χ2n) is 4.85. The minimum atomic E-state index is -0.651. The first-order chi connectivity index (χ1) is 11.0. The van der Waals surface area contributed by atoms with Crippen LogP contribution in [0.5, 0.6) is 0 Å². The van der Waals surface area contributed by atoms with Gasteiger partial charge in [0.05, 0.1) is 19.8 Å². The van der Waals surface area contributed by atoms with Crippen LogP contribution in [0.2, 0.25) is 0 Å². The van der Waals surface area contributed by atoms with E-state index in [2.05, 4.69) is 10.1 Å². The van der Waals surface area contributed by atoms with Crippen LogP contribution in [0.1, 0.15) is 18.4 Å². The number of alkyl carbamates (subject to hydrolysis) is 1. The molecule has 0 fully saturated rings. The van der Waals surface area contributed by atoms with Crippen LogP contribution in [-0.4, -0.2) is 44.7 Å². The zero-order valence-corrected chi connectivity index (χ0v) is 13.2. The summed E-state index contributed by atoms with van der Waals surface area (Å²) in [5, 5.41) is 2.55. The summed E-state index contributed by atoms with van der Waals surface area (Å²) in [6.45, 7) is 0.260. The van der Waals surface area contributed by atoms with Crippen molar-refractivity contribution in [3.05, 3.63) is 35.9 Å². The second kappa shape index (κ2) is 10.3. The molecule has 0 radical (unpaired) electrons. The molecule has 0 aromatic heterocycles. The average molecular weight is 323 g/mol. The number of ether oxygens (including phenoxy) is 3. The molecule has 1 rings (SSSR count). The maximum Gasteiger partial charge on any atom is 0.407 e. The third-order valence-corrected chi connectivity index (χ3v) is 2.95. The smallest absolute Gasteiger partial charge is 0.407 e. The first kappa shape index (κ1) is 18.6. The van der Waals surface area contributed by atoms with E-state index in [9.17, 15) is 14.4 Å². The van der Waals surface area contributed by atoms with E-state index in [4.69, 9.17) is 9.47 Å². The predicted octanol–water partition coefficient (Wildman–Crippen LogP) is 1.45. The van der Waals surface area contributed by atoms with E-state index in [1.54, 1.807) is 0 Å². The van der Waals surface area contributed by atoms with Crippen LogP contribution < -0.4 is 5.32 Å². The average Bonchev–Trinajstić information content (AvgIpc) is 2.53. The second-order valence-corrected chi connectivity index (χ2v) is 4.85. The Morgan fingerprint density at radius 1 is 1.13 bits per heavy atom. The molecule has 1 aromatic carbocycles. The van der Waals surface area contributed by atoms with Crippen LogP contribution in [0, 0.1) is 0 Å². The lowest BCUT2D eigenvalue weighted by atomic mass is 10.1. The Morgan fingerprint density at radius 2 is 1.83 bits per heavy atom. The summed E-state index contributed by atoms with van der Waals surface area (Å²) in [4.78, 5) is 34.5. The van der Waals surface area contributed by atoms with Gasteiger partial charge in [-0.2, -0.15) is 0 Å². The molecular formula is C16H21NO6. The monoisotopic (exact) mass is 323 g/mol. The number of esters is 1. The van der Waals surface area contributed by atoms with Crippen molar-refractivity contribution in [2.75, 3.05) is 20.8 Å². The zero-order valence-electron chi connectivity index (χ0n) is 13.2. The lowest BCUT2D eigenvalue weighted by Crippen LogP contribution is -2.40. The van der Waals surface area contributed by atoms with Crippen molar-refractivity contribution in [2.24, 2.45) is 0 Å². The normalized spacial score (nSPS) is 11.4. The van der Waals surface area contributed by atoms with Crippen molar-refractivity contribution >= 4 is 17.8 Å². The third kappa shape index (κ3) is 7.96. The summed E-state index contributed by atoms with van der Waals surface area (Å²) in [6.07, 6.45) is -1.03. The largest absolute Gasteiger partial charge is 0.469 e. The maximum absolute atomic E-state index is 11.8. The molecule has 0 aliphatic carbocycles. The summed E-state index contributed by atoms with van der Waals surface area (Å²) in [5.41, 5.74) is 0.854. The fourth-order valence-electron chi connectivity index (χ4n) is 1.86. The highest BCUT2D eigenvalue weighted by atomic mass is 16.5. The highest BCUT2D eigenvalue weighted by Crippen LogP contribution is 2.03. The minimum Gasteiger partial charge on any atom is -0.469 e. The van der Waals surface area contributed by atoms with Crippen LogP contribution >= 0.6 is 0 Å². The number of carbonyl (C=O) groups is 3. The fourth-order valence-corrected chi connectivity index (χ4v) is 1.86. The number of amides is 1. The number of methoxy groups -OCH3 is 2. The van der Waals surface area contributed by atoms with E-state index >= 15 is 0 Å². The Hall–Kier alpha value is -2.41. The van der Waals surface area contributed by atoms with Gasteiger partial charge in [-0.3, -0.25) is 9.59 Å². The van der Waals surface area contributed by atoms with Gasteiger partial charge in [0, 0.05) is 13.5 Å². The van der Waals surface area contributed by atoms with Gasteiger partial charge in [-0.25, -0.2) is 4.79 Å². The molecule has 23 heavy (non-hydrogen) atoms. The Balaban J connectivity index is 2.43. The van der Waals surface area contributed by atoms with Gasteiger partial charge in [-0.1, -0.05) is 30.3 Å². The lowest BCUT2D eigenvalue weighted by molar-refractivity contribution is -0.143. The third-order valence-electron chi connectivity index (χ3n) is 2.95. The molecule has 1 amide bonds. The van der Waals surface area contributed by atoms with Gasteiger partial charge in [0.1, 0.15) is 18.8 Å². The molecule has 7 heteroatoms. The van der Waals surface area contributed by atoms with Gasteiger partial charge in [-0.15, -0.1) is 0 Å². The molecule has 0 heterocycles. The highest BCUT2D eigenvalue weighted by molar-refractivity contribution is 5.95. The quantitative estimate of drug-likeness (QED) is 0.546. The van der Waals surface area contributed by atoms with E-state index in [1.807, 2.05) is 30.3 Å². The van der Waals surface area contributed by atoms with Crippen LogP contribution in [0.15, 0.2) is 30.3 Å². The molecule has 0 aliphatic heterocycles.